The van der Waals surface area contributed by atoms with Gasteiger partial charge in [-0.05, 0) is 30.4 Å². The largest absolute Gasteiger partial charge is 0.465 e. The maximum Gasteiger partial charge on any atom is 0.408 e. The van der Waals surface area contributed by atoms with Gasteiger partial charge in [0.25, 0.3) is 0 Å². The van der Waals surface area contributed by atoms with E-state index in [0.29, 0.717) is 16.8 Å². The molecule has 1 aliphatic carbocycles. The molecule has 2 amide bonds. The van der Waals surface area contributed by atoms with E-state index >= 15 is 0 Å². The lowest BCUT2D eigenvalue weighted by Crippen LogP contribution is -2.46. The zero-order chi connectivity index (χ0) is 20.5. The van der Waals surface area contributed by atoms with Gasteiger partial charge in [0.1, 0.15) is 12.2 Å². The van der Waals surface area contributed by atoms with Crippen LogP contribution in [0, 0.1) is 5.95 Å². The number of halogens is 2. The molecule has 2 aliphatic rings. The van der Waals surface area contributed by atoms with Gasteiger partial charge in [-0.15, -0.1) is 0 Å². The number of nitrogens with one attached hydrogen (secondary N) is 1. The number of carbonyl (C=O) groups excluding carboxylic acids is 1. The van der Waals surface area contributed by atoms with Gasteiger partial charge in [-0.25, -0.2) is 14.2 Å². The van der Waals surface area contributed by atoms with Crippen molar-refractivity contribution in [3.8, 4) is 0 Å². The number of nitrogens with zero attached hydrogens (tertiary/aromatic N) is 2. The Morgan fingerprint density at radius 1 is 1.17 bits per heavy atom. The number of benzene rings is 1. The summed E-state index contributed by atoms with van der Waals surface area (Å²) in [4.78, 5) is 29.1. The second-order valence-corrected chi connectivity index (χ2v) is 7.53. The summed E-state index contributed by atoms with van der Waals surface area (Å²) >= 11 is 0. The molecule has 0 radical (unpaired) electrons. The molecule has 1 aliphatic heterocycles. The zero-order valence-electron chi connectivity index (χ0n) is 15.6. The molecule has 6 nitrogen and oxygen atoms in total. The molecule has 152 valence electrons. The monoisotopic (exact) mass is 401 g/mol. The molecule has 1 saturated carbocycles. The van der Waals surface area contributed by atoms with Gasteiger partial charge in [0.15, 0.2) is 0 Å². The van der Waals surface area contributed by atoms with Crippen molar-refractivity contribution in [2.75, 3.05) is 6.54 Å². The third-order valence-electron chi connectivity index (χ3n) is 5.43. The van der Waals surface area contributed by atoms with E-state index in [-0.39, 0.29) is 18.9 Å². The molecule has 2 unspecified atom stereocenters. The molecule has 8 heteroatoms. The van der Waals surface area contributed by atoms with Crippen LogP contribution in [0.15, 0.2) is 42.5 Å². The number of hydrogen-bond acceptors (Lipinski definition) is 3. The first kappa shape index (κ1) is 19.3. The smallest absolute Gasteiger partial charge is 0.408 e. The van der Waals surface area contributed by atoms with Crippen LogP contribution in [-0.2, 0) is 4.79 Å². The number of rotatable bonds is 5. The van der Waals surface area contributed by atoms with Crippen LogP contribution in [0.5, 0.6) is 0 Å². The van der Waals surface area contributed by atoms with Crippen LogP contribution >= 0.6 is 0 Å². The standard InChI is InChI=1S/C21H21F2N3O3/c22-14-10-17(26(11-14)21(28)29)20(27)25-18(13-4-2-1-3-5-13)16-9-8-15(12-6-7-12)19(23)24-16/h1-5,8-9,12,14,17-18H,6-7,10-11H2,(H,25,27)(H,28,29)/t14?,17-,18?/m1/s1. The van der Waals surface area contributed by atoms with Crippen LogP contribution in [0.2, 0.25) is 0 Å². The van der Waals surface area contributed by atoms with Crippen molar-refractivity contribution in [1.82, 2.24) is 15.2 Å². The molecule has 2 heterocycles. The highest BCUT2D eigenvalue weighted by molar-refractivity contribution is 5.86. The number of alkyl halides is 1. The Kier molecular flexibility index (Phi) is 5.17. The molecule has 1 saturated heterocycles. The van der Waals surface area contributed by atoms with E-state index in [1.54, 1.807) is 36.4 Å². The Labute approximate surface area is 166 Å². The highest BCUT2D eigenvalue weighted by Gasteiger charge is 2.41. The van der Waals surface area contributed by atoms with Gasteiger partial charge in [0, 0.05) is 12.0 Å². The molecule has 29 heavy (non-hydrogen) atoms. The third-order valence-corrected chi connectivity index (χ3v) is 5.43. The van der Waals surface area contributed by atoms with E-state index < -0.39 is 36.2 Å². The Balaban J connectivity index is 1.62. The van der Waals surface area contributed by atoms with Crippen LogP contribution in [0.1, 0.15) is 48.0 Å². The van der Waals surface area contributed by atoms with Crippen molar-refractivity contribution in [2.45, 2.75) is 43.4 Å². The highest BCUT2D eigenvalue weighted by Crippen LogP contribution is 2.41. The molecule has 1 aromatic heterocycles. The number of likely N-dealkylation sites (tertiary alicyclic amines) is 1. The second kappa shape index (κ2) is 7.77. The maximum atomic E-state index is 14.5. The van der Waals surface area contributed by atoms with Crippen molar-refractivity contribution < 1.29 is 23.5 Å². The molecule has 3 atom stereocenters. The number of carboxylic acid groups (broad SMARTS) is 1. The number of aromatic nitrogens is 1. The van der Waals surface area contributed by atoms with Gasteiger partial charge in [-0.3, -0.25) is 9.69 Å². The highest BCUT2D eigenvalue weighted by atomic mass is 19.1. The lowest BCUT2D eigenvalue weighted by atomic mass is 10.0. The van der Waals surface area contributed by atoms with Crippen molar-refractivity contribution in [2.24, 2.45) is 0 Å². The molecule has 1 aromatic carbocycles. The zero-order valence-corrected chi connectivity index (χ0v) is 15.6. The molecule has 2 aromatic rings. The van der Waals surface area contributed by atoms with E-state index in [0.717, 1.165) is 17.7 Å². The summed E-state index contributed by atoms with van der Waals surface area (Å²) in [5.74, 6) is -0.989. The molecular formula is C21H21F2N3O3. The third kappa shape index (κ3) is 4.06. The Morgan fingerprint density at radius 3 is 2.52 bits per heavy atom. The molecule has 0 bridgehead atoms. The van der Waals surface area contributed by atoms with Gasteiger partial charge in [-0.1, -0.05) is 36.4 Å². The first-order valence-electron chi connectivity index (χ1n) is 9.59. The van der Waals surface area contributed by atoms with Crippen LogP contribution in [0.3, 0.4) is 0 Å². The fraction of sp³-hybridized carbons (Fsp3) is 0.381. The van der Waals surface area contributed by atoms with Gasteiger partial charge < -0.3 is 10.4 Å². The van der Waals surface area contributed by atoms with Crippen LogP contribution in [-0.4, -0.2) is 45.7 Å². The van der Waals surface area contributed by atoms with Gasteiger partial charge >= 0.3 is 6.09 Å². The summed E-state index contributed by atoms with van der Waals surface area (Å²) in [6.45, 7) is -0.341. The fourth-order valence-electron chi connectivity index (χ4n) is 3.78. The van der Waals surface area contributed by atoms with E-state index in [4.69, 9.17) is 0 Å². The Morgan fingerprint density at radius 2 is 1.90 bits per heavy atom. The molecule has 4 rings (SSSR count). The van der Waals surface area contributed by atoms with Gasteiger partial charge in [0.05, 0.1) is 18.3 Å². The molecule has 2 N–H and O–H groups in total. The van der Waals surface area contributed by atoms with Crippen LogP contribution in [0.4, 0.5) is 13.6 Å². The first-order chi connectivity index (χ1) is 13.9. The summed E-state index contributed by atoms with van der Waals surface area (Å²) in [5.41, 5.74) is 1.55. The van der Waals surface area contributed by atoms with Crippen molar-refractivity contribution in [1.29, 1.82) is 0 Å². The minimum Gasteiger partial charge on any atom is -0.465 e. The van der Waals surface area contributed by atoms with Gasteiger partial charge in [-0.2, -0.15) is 4.39 Å². The fourth-order valence-corrected chi connectivity index (χ4v) is 3.78. The van der Waals surface area contributed by atoms with Crippen molar-refractivity contribution >= 4 is 12.0 Å². The Bertz CT molecular complexity index is 921. The summed E-state index contributed by atoms with van der Waals surface area (Å²) < 4.78 is 28.3. The van der Waals surface area contributed by atoms with Crippen LogP contribution < -0.4 is 5.32 Å². The quantitative estimate of drug-likeness (QED) is 0.753. The summed E-state index contributed by atoms with van der Waals surface area (Å²) in [7, 11) is 0. The molecular weight excluding hydrogens is 380 g/mol. The summed E-state index contributed by atoms with van der Waals surface area (Å²) in [6.07, 6.45) is -1.07. The number of amides is 2. The molecule has 2 fully saturated rings. The van der Waals surface area contributed by atoms with Crippen molar-refractivity contribution in [3.63, 3.8) is 0 Å². The van der Waals surface area contributed by atoms with Crippen molar-refractivity contribution in [3.05, 3.63) is 65.2 Å². The SMILES string of the molecule is O=C(NC(c1ccccc1)c1ccc(C2CC2)c(F)n1)[C@H]1CC(F)CN1C(=O)O. The first-order valence-corrected chi connectivity index (χ1v) is 9.59. The maximum absolute atomic E-state index is 14.5. The lowest BCUT2D eigenvalue weighted by molar-refractivity contribution is -0.125. The summed E-state index contributed by atoms with van der Waals surface area (Å²) in [5, 5.41) is 12.0. The minimum absolute atomic E-state index is 0.199. The average molecular weight is 401 g/mol. The van der Waals surface area contributed by atoms with E-state index in [1.165, 1.54) is 0 Å². The Hall–Kier alpha value is -3.03. The van der Waals surface area contributed by atoms with E-state index in [1.807, 2.05) is 6.07 Å². The number of pyridine rings is 1. The predicted molar refractivity (Wildman–Crippen MR) is 101 cm³/mol. The number of hydrogen-bond donors (Lipinski definition) is 2. The number of carbonyl (C=O) groups is 2. The average Bonchev–Trinajstić information content (AvgIpc) is 3.47. The van der Waals surface area contributed by atoms with E-state index in [9.17, 15) is 23.5 Å². The van der Waals surface area contributed by atoms with E-state index in [2.05, 4.69) is 10.3 Å². The topological polar surface area (TPSA) is 82.5 Å². The lowest BCUT2D eigenvalue weighted by Gasteiger charge is -2.25. The predicted octanol–water partition coefficient (Wildman–Crippen LogP) is 3.39. The normalized spacial score (nSPS) is 22.3. The molecule has 0 spiro atoms. The summed E-state index contributed by atoms with van der Waals surface area (Å²) in [6, 6.07) is 10.3. The van der Waals surface area contributed by atoms with Gasteiger partial charge in [0.2, 0.25) is 11.9 Å². The second-order valence-electron chi connectivity index (χ2n) is 7.53. The van der Waals surface area contributed by atoms with Crippen LogP contribution in [0.25, 0.3) is 0 Å². The minimum atomic E-state index is -1.40.